The van der Waals surface area contributed by atoms with Gasteiger partial charge in [-0.2, -0.15) is 0 Å². The van der Waals surface area contributed by atoms with Crippen molar-refractivity contribution in [2.75, 3.05) is 0 Å². The van der Waals surface area contributed by atoms with E-state index in [4.69, 9.17) is 5.73 Å². The SMILES string of the molecule is Cc1ccc(S(=O)(=O)NC2CCCC2N)c(Br)c1. The van der Waals surface area contributed by atoms with Gasteiger partial charge in [-0.1, -0.05) is 12.5 Å². The molecular weight excluding hydrogens is 316 g/mol. The molecule has 0 bridgehead atoms. The van der Waals surface area contributed by atoms with Crippen molar-refractivity contribution in [3.05, 3.63) is 28.2 Å². The molecule has 100 valence electrons. The first kappa shape index (κ1) is 14.0. The summed E-state index contributed by atoms with van der Waals surface area (Å²) in [5.41, 5.74) is 6.90. The highest BCUT2D eigenvalue weighted by Gasteiger charge is 2.29. The van der Waals surface area contributed by atoms with E-state index in [9.17, 15) is 8.42 Å². The van der Waals surface area contributed by atoms with Crippen molar-refractivity contribution in [3.63, 3.8) is 0 Å². The molecule has 18 heavy (non-hydrogen) atoms. The Bertz CT molecular complexity index is 545. The van der Waals surface area contributed by atoms with Crippen molar-refractivity contribution in [1.29, 1.82) is 0 Å². The standard InChI is InChI=1S/C12H17BrN2O2S/c1-8-5-6-12(9(13)7-8)18(16,17)15-11-4-2-3-10(11)14/h5-7,10-11,15H,2-4,14H2,1H3. The van der Waals surface area contributed by atoms with Crippen LogP contribution in [0.5, 0.6) is 0 Å². The third kappa shape index (κ3) is 2.93. The maximum atomic E-state index is 12.3. The summed E-state index contributed by atoms with van der Waals surface area (Å²) in [6.45, 7) is 1.92. The first-order valence-corrected chi connectivity index (χ1v) is 8.22. The average Bonchev–Trinajstić information content (AvgIpc) is 2.63. The molecule has 0 aliphatic heterocycles. The fraction of sp³-hybridized carbons (Fsp3) is 0.500. The number of aryl methyl sites for hydroxylation is 1. The minimum Gasteiger partial charge on any atom is -0.326 e. The Morgan fingerprint density at radius 2 is 2.11 bits per heavy atom. The van der Waals surface area contributed by atoms with Crippen molar-refractivity contribution in [2.45, 2.75) is 43.2 Å². The van der Waals surface area contributed by atoms with Crippen molar-refractivity contribution < 1.29 is 8.42 Å². The van der Waals surface area contributed by atoms with Gasteiger partial charge in [-0.15, -0.1) is 0 Å². The van der Waals surface area contributed by atoms with Crippen LogP contribution in [-0.4, -0.2) is 20.5 Å². The number of halogens is 1. The van der Waals surface area contributed by atoms with Crippen molar-refractivity contribution >= 4 is 26.0 Å². The molecule has 0 heterocycles. The molecule has 1 saturated carbocycles. The van der Waals surface area contributed by atoms with Crippen LogP contribution in [0.15, 0.2) is 27.6 Å². The summed E-state index contributed by atoms with van der Waals surface area (Å²) in [6.07, 6.45) is 2.66. The fourth-order valence-electron chi connectivity index (χ4n) is 2.22. The highest BCUT2D eigenvalue weighted by atomic mass is 79.9. The van der Waals surface area contributed by atoms with Gasteiger partial charge in [-0.3, -0.25) is 0 Å². The maximum Gasteiger partial charge on any atom is 0.241 e. The minimum atomic E-state index is -3.50. The van der Waals surface area contributed by atoms with Crippen LogP contribution in [0.4, 0.5) is 0 Å². The summed E-state index contributed by atoms with van der Waals surface area (Å²) < 4.78 is 27.8. The predicted molar refractivity (Wildman–Crippen MR) is 74.8 cm³/mol. The molecule has 3 N–H and O–H groups in total. The van der Waals surface area contributed by atoms with E-state index in [0.717, 1.165) is 24.8 Å². The van der Waals surface area contributed by atoms with Gasteiger partial charge in [0.05, 0.1) is 4.90 Å². The molecule has 2 unspecified atom stereocenters. The Labute approximate surface area is 116 Å². The molecule has 0 amide bonds. The highest BCUT2D eigenvalue weighted by Crippen LogP contribution is 2.25. The summed E-state index contributed by atoms with van der Waals surface area (Å²) in [6, 6.07) is 4.96. The van der Waals surface area contributed by atoms with Gasteiger partial charge in [-0.05, 0) is 53.4 Å². The van der Waals surface area contributed by atoms with E-state index < -0.39 is 10.0 Å². The number of benzene rings is 1. The van der Waals surface area contributed by atoms with Gasteiger partial charge < -0.3 is 5.73 Å². The third-order valence-electron chi connectivity index (χ3n) is 3.25. The fourth-order valence-corrected chi connectivity index (χ4v) is 4.74. The zero-order chi connectivity index (χ0) is 13.3. The minimum absolute atomic E-state index is 0.0796. The van der Waals surface area contributed by atoms with Gasteiger partial charge in [0.15, 0.2) is 0 Å². The van der Waals surface area contributed by atoms with E-state index in [2.05, 4.69) is 20.7 Å². The van der Waals surface area contributed by atoms with Crippen molar-refractivity contribution in [1.82, 2.24) is 4.72 Å². The Balaban J connectivity index is 2.25. The normalized spacial score (nSPS) is 24.4. The number of nitrogens with one attached hydrogen (secondary N) is 1. The molecule has 1 aliphatic rings. The molecule has 0 saturated heterocycles. The van der Waals surface area contributed by atoms with Crippen LogP contribution in [-0.2, 0) is 10.0 Å². The van der Waals surface area contributed by atoms with E-state index in [1.807, 2.05) is 6.92 Å². The number of sulfonamides is 1. The van der Waals surface area contributed by atoms with Crippen molar-refractivity contribution in [3.8, 4) is 0 Å². The van der Waals surface area contributed by atoms with Gasteiger partial charge in [0.25, 0.3) is 0 Å². The monoisotopic (exact) mass is 332 g/mol. The van der Waals surface area contributed by atoms with Gasteiger partial charge in [0.1, 0.15) is 0 Å². The highest BCUT2D eigenvalue weighted by molar-refractivity contribution is 9.10. The molecular formula is C12H17BrN2O2S. The number of hydrogen-bond acceptors (Lipinski definition) is 3. The van der Waals surface area contributed by atoms with Crippen LogP contribution in [0.1, 0.15) is 24.8 Å². The molecule has 1 aromatic carbocycles. The zero-order valence-electron chi connectivity index (χ0n) is 10.2. The second-order valence-corrected chi connectivity index (χ2v) is 7.29. The maximum absolute atomic E-state index is 12.3. The Hall–Kier alpha value is -0.430. The lowest BCUT2D eigenvalue weighted by atomic mass is 10.2. The molecule has 1 aliphatic carbocycles. The van der Waals surface area contributed by atoms with Gasteiger partial charge in [-0.25, -0.2) is 13.1 Å². The quantitative estimate of drug-likeness (QED) is 0.888. The number of rotatable bonds is 3. The van der Waals surface area contributed by atoms with Crippen LogP contribution in [0.25, 0.3) is 0 Å². The van der Waals surface area contributed by atoms with Gasteiger partial charge in [0, 0.05) is 16.6 Å². The van der Waals surface area contributed by atoms with Crippen LogP contribution >= 0.6 is 15.9 Å². The summed E-state index contributed by atoms with van der Waals surface area (Å²) in [5, 5.41) is 0. The van der Waals surface area contributed by atoms with Crippen LogP contribution in [0.3, 0.4) is 0 Å². The van der Waals surface area contributed by atoms with Gasteiger partial charge in [0.2, 0.25) is 10.0 Å². The summed E-state index contributed by atoms with van der Waals surface area (Å²) >= 11 is 3.30. The lowest BCUT2D eigenvalue weighted by Crippen LogP contribution is -2.43. The predicted octanol–water partition coefficient (Wildman–Crippen LogP) is 1.92. The smallest absolute Gasteiger partial charge is 0.241 e. The molecule has 1 fully saturated rings. The van der Waals surface area contributed by atoms with E-state index in [1.165, 1.54) is 0 Å². The first-order chi connectivity index (χ1) is 8.40. The molecule has 2 rings (SSSR count). The number of nitrogens with two attached hydrogens (primary N) is 1. The topological polar surface area (TPSA) is 72.2 Å². The Kier molecular flexibility index (Phi) is 4.11. The first-order valence-electron chi connectivity index (χ1n) is 5.94. The lowest BCUT2D eigenvalue weighted by Gasteiger charge is -2.18. The van der Waals surface area contributed by atoms with Gasteiger partial charge >= 0.3 is 0 Å². The second kappa shape index (κ2) is 5.28. The van der Waals surface area contributed by atoms with Crippen molar-refractivity contribution in [2.24, 2.45) is 5.73 Å². The molecule has 1 aromatic rings. The van der Waals surface area contributed by atoms with Crippen LogP contribution in [0.2, 0.25) is 0 Å². The molecule has 4 nitrogen and oxygen atoms in total. The van der Waals surface area contributed by atoms with E-state index >= 15 is 0 Å². The van der Waals surface area contributed by atoms with Crippen LogP contribution in [0, 0.1) is 6.92 Å². The largest absolute Gasteiger partial charge is 0.326 e. The summed E-state index contributed by atoms with van der Waals surface area (Å²) in [5.74, 6) is 0. The average molecular weight is 333 g/mol. The molecule has 2 atom stereocenters. The molecule has 0 radical (unpaired) electrons. The Morgan fingerprint density at radius 3 is 2.67 bits per heavy atom. The van der Waals surface area contributed by atoms with E-state index in [1.54, 1.807) is 18.2 Å². The molecule has 6 heteroatoms. The second-order valence-electron chi connectivity index (χ2n) is 4.76. The third-order valence-corrected chi connectivity index (χ3v) is 5.72. The lowest BCUT2D eigenvalue weighted by molar-refractivity contribution is 0.522. The molecule has 0 spiro atoms. The summed E-state index contributed by atoms with van der Waals surface area (Å²) in [7, 11) is -3.50. The molecule has 0 aromatic heterocycles. The summed E-state index contributed by atoms with van der Waals surface area (Å²) in [4.78, 5) is 0.271. The zero-order valence-corrected chi connectivity index (χ0v) is 12.6. The number of hydrogen-bond donors (Lipinski definition) is 2. The van der Waals surface area contributed by atoms with E-state index in [-0.39, 0.29) is 17.0 Å². The van der Waals surface area contributed by atoms with E-state index in [0.29, 0.717) is 4.47 Å². The Morgan fingerprint density at radius 1 is 1.39 bits per heavy atom. The van der Waals surface area contributed by atoms with Crippen LogP contribution < -0.4 is 10.5 Å².